The van der Waals surface area contributed by atoms with Gasteiger partial charge in [-0.1, -0.05) is 13.3 Å². The van der Waals surface area contributed by atoms with E-state index < -0.39 is 0 Å². The number of hydrogen-bond acceptors (Lipinski definition) is 1. The van der Waals surface area contributed by atoms with Gasteiger partial charge in [0.1, 0.15) is 0 Å². The van der Waals surface area contributed by atoms with Crippen LogP contribution in [-0.2, 0) is 17.1 Å². The second-order valence-corrected chi connectivity index (χ2v) is 2.33. The summed E-state index contributed by atoms with van der Waals surface area (Å²) in [5, 5.41) is 4.89. The molecule has 0 aliphatic heterocycles. The fraction of sp³-hybridized carbons (Fsp3) is 0.375. The minimum atomic E-state index is 0. The maximum Gasteiger partial charge on any atom is 2.00 e. The van der Waals surface area contributed by atoms with Crippen molar-refractivity contribution in [1.82, 2.24) is 0 Å². The summed E-state index contributed by atoms with van der Waals surface area (Å²) in [6.07, 6.45) is 2.28. The van der Waals surface area contributed by atoms with Gasteiger partial charge in [0.05, 0.1) is 0 Å². The standard InChI is InChI=1S/C4H3S.C4H9.Cu/c1-2-4-5-3-1;1-3-4-2;/h1-3H;1,3-4H2,2H3;/q2*-1;+2. The van der Waals surface area contributed by atoms with Crippen molar-refractivity contribution >= 4 is 11.3 Å². The van der Waals surface area contributed by atoms with Crippen LogP contribution in [0, 0.1) is 12.3 Å². The molecule has 61 valence electrons. The van der Waals surface area contributed by atoms with E-state index in [-0.39, 0.29) is 17.1 Å². The fourth-order valence-corrected chi connectivity index (χ4v) is 0.589. The van der Waals surface area contributed by atoms with E-state index in [4.69, 9.17) is 0 Å². The minimum Gasteiger partial charge on any atom is -0.343 e. The summed E-state index contributed by atoms with van der Waals surface area (Å²) in [5.74, 6) is 0. The van der Waals surface area contributed by atoms with Crippen molar-refractivity contribution in [2.45, 2.75) is 19.8 Å². The Morgan fingerprint density at radius 1 is 1.60 bits per heavy atom. The number of thiophene rings is 1. The molecule has 0 amide bonds. The van der Waals surface area contributed by atoms with Crippen LogP contribution in [0.4, 0.5) is 0 Å². The first-order valence-corrected chi connectivity index (χ1v) is 3.98. The Bertz CT molecular complexity index is 84.8. The van der Waals surface area contributed by atoms with Crippen molar-refractivity contribution in [3.63, 3.8) is 0 Å². The van der Waals surface area contributed by atoms with Crippen molar-refractivity contribution in [3.8, 4) is 0 Å². The second-order valence-electron chi connectivity index (χ2n) is 1.58. The summed E-state index contributed by atoms with van der Waals surface area (Å²) in [6, 6.07) is 3.86. The Balaban J connectivity index is 0. The smallest absolute Gasteiger partial charge is 0.343 e. The summed E-state index contributed by atoms with van der Waals surface area (Å²) in [7, 11) is 0. The van der Waals surface area contributed by atoms with Gasteiger partial charge in [-0.05, 0) is 0 Å². The molecule has 1 aromatic rings. The monoisotopic (exact) mass is 203 g/mol. The summed E-state index contributed by atoms with van der Waals surface area (Å²) >= 11 is 1.59. The molecule has 0 nitrogen and oxygen atoms in total. The molecule has 0 unspecified atom stereocenters. The van der Waals surface area contributed by atoms with Gasteiger partial charge >= 0.3 is 17.1 Å². The first kappa shape index (κ1) is 12.9. The van der Waals surface area contributed by atoms with E-state index in [0.29, 0.717) is 0 Å². The Morgan fingerprint density at radius 3 is 2.30 bits per heavy atom. The molecule has 0 aliphatic carbocycles. The van der Waals surface area contributed by atoms with Crippen LogP contribution >= 0.6 is 11.3 Å². The number of unbranched alkanes of at least 4 members (excludes halogenated alkanes) is 1. The first-order chi connectivity index (χ1) is 4.41. The molecule has 0 spiro atoms. The van der Waals surface area contributed by atoms with E-state index >= 15 is 0 Å². The summed E-state index contributed by atoms with van der Waals surface area (Å²) in [5.41, 5.74) is 0. The normalized spacial score (nSPS) is 7.00. The van der Waals surface area contributed by atoms with Gasteiger partial charge in [-0.25, -0.2) is 6.07 Å². The Hall–Kier alpha value is 0.219. The largest absolute Gasteiger partial charge is 2.00 e. The van der Waals surface area contributed by atoms with E-state index in [0.717, 1.165) is 6.42 Å². The fourth-order valence-electron chi connectivity index (χ4n) is 0.196. The molecule has 0 aromatic carbocycles. The van der Waals surface area contributed by atoms with E-state index in [2.05, 4.69) is 19.2 Å². The van der Waals surface area contributed by atoms with Crippen molar-refractivity contribution in [3.05, 3.63) is 29.8 Å². The molecule has 0 aliphatic rings. The summed E-state index contributed by atoms with van der Waals surface area (Å²) in [6.45, 7) is 5.72. The van der Waals surface area contributed by atoms with Crippen molar-refractivity contribution in [2.75, 3.05) is 0 Å². The van der Waals surface area contributed by atoms with Crippen molar-refractivity contribution < 1.29 is 17.1 Å². The zero-order valence-electron chi connectivity index (χ0n) is 6.06. The summed E-state index contributed by atoms with van der Waals surface area (Å²) < 4.78 is 0. The zero-order valence-corrected chi connectivity index (χ0v) is 7.82. The molecule has 1 rings (SSSR count). The maximum absolute atomic E-state index is 3.60. The third kappa shape index (κ3) is 11.1. The van der Waals surface area contributed by atoms with E-state index in [9.17, 15) is 0 Å². The van der Waals surface area contributed by atoms with Gasteiger partial charge in [-0.3, -0.25) is 0 Å². The van der Waals surface area contributed by atoms with Gasteiger partial charge in [0.25, 0.3) is 0 Å². The van der Waals surface area contributed by atoms with Crippen LogP contribution in [0.15, 0.2) is 17.5 Å². The van der Waals surface area contributed by atoms with Crippen LogP contribution in [0.1, 0.15) is 19.8 Å². The number of hydrogen-bond donors (Lipinski definition) is 0. The Labute approximate surface area is 78.1 Å². The van der Waals surface area contributed by atoms with Gasteiger partial charge in [0, 0.05) is 0 Å². The van der Waals surface area contributed by atoms with Gasteiger partial charge in [0.2, 0.25) is 0 Å². The molecule has 2 heteroatoms. The minimum absolute atomic E-state index is 0. The van der Waals surface area contributed by atoms with Crippen LogP contribution in [-0.4, -0.2) is 0 Å². The molecular formula is C8H12CuS. The van der Waals surface area contributed by atoms with Gasteiger partial charge in [-0.15, -0.1) is 5.38 Å². The molecular weight excluding hydrogens is 192 g/mol. The van der Waals surface area contributed by atoms with Crippen LogP contribution in [0.25, 0.3) is 0 Å². The molecule has 0 saturated heterocycles. The second kappa shape index (κ2) is 12.0. The zero-order chi connectivity index (χ0) is 6.95. The van der Waals surface area contributed by atoms with Crippen LogP contribution < -0.4 is 0 Å². The van der Waals surface area contributed by atoms with Crippen LogP contribution in [0.3, 0.4) is 0 Å². The molecule has 0 saturated carbocycles. The van der Waals surface area contributed by atoms with Crippen LogP contribution in [0.5, 0.6) is 0 Å². The predicted molar refractivity (Wildman–Crippen MR) is 43.4 cm³/mol. The van der Waals surface area contributed by atoms with Crippen molar-refractivity contribution in [2.24, 2.45) is 0 Å². The quantitative estimate of drug-likeness (QED) is 0.486. The Morgan fingerprint density at radius 2 is 2.20 bits per heavy atom. The molecule has 0 N–H and O–H groups in total. The third-order valence-electron chi connectivity index (χ3n) is 0.732. The first-order valence-electron chi connectivity index (χ1n) is 3.10. The third-order valence-corrected chi connectivity index (χ3v) is 1.30. The SMILES string of the molecule is [CH2-]CCC.[Cu+2].[c-]1cccs1. The average Bonchev–Trinajstić information content (AvgIpc) is 2.43. The molecule has 1 heterocycles. The predicted octanol–water partition coefficient (Wildman–Crippen LogP) is 3.17. The molecule has 0 bridgehead atoms. The molecule has 10 heavy (non-hydrogen) atoms. The molecule has 1 radical (unpaired) electrons. The molecule has 0 atom stereocenters. The van der Waals surface area contributed by atoms with E-state index in [1.807, 2.05) is 17.5 Å². The average molecular weight is 204 g/mol. The van der Waals surface area contributed by atoms with Gasteiger partial charge in [0.15, 0.2) is 0 Å². The summed E-state index contributed by atoms with van der Waals surface area (Å²) in [4.78, 5) is 0. The number of rotatable bonds is 1. The maximum atomic E-state index is 3.60. The van der Waals surface area contributed by atoms with E-state index in [1.165, 1.54) is 6.42 Å². The molecule has 0 fully saturated rings. The topological polar surface area (TPSA) is 0 Å². The van der Waals surface area contributed by atoms with Crippen LogP contribution in [0.2, 0.25) is 0 Å². The van der Waals surface area contributed by atoms with Gasteiger partial charge in [-0.2, -0.15) is 17.9 Å². The van der Waals surface area contributed by atoms with Gasteiger partial charge < -0.3 is 18.3 Å². The van der Waals surface area contributed by atoms with Crippen molar-refractivity contribution in [1.29, 1.82) is 0 Å². The molecule has 1 aromatic heterocycles. The van der Waals surface area contributed by atoms with E-state index in [1.54, 1.807) is 11.3 Å². The Kier molecular flexibility index (Phi) is 15.4.